The minimum atomic E-state index is 0.718. The highest BCUT2D eigenvalue weighted by Gasteiger charge is 2.39. The van der Waals surface area contributed by atoms with Crippen molar-refractivity contribution in [2.24, 2.45) is 0 Å². The number of hydrogen-bond acceptors (Lipinski definition) is 1. The summed E-state index contributed by atoms with van der Waals surface area (Å²) < 4.78 is 0. The van der Waals surface area contributed by atoms with Gasteiger partial charge in [0.05, 0.1) is 0 Å². The van der Waals surface area contributed by atoms with Crippen molar-refractivity contribution in [1.29, 1.82) is 0 Å². The van der Waals surface area contributed by atoms with Crippen LogP contribution in [0.5, 0.6) is 0 Å². The van der Waals surface area contributed by atoms with Gasteiger partial charge < -0.3 is 5.32 Å². The molecule has 2 unspecified atom stereocenters. The summed E-state index contributed by atoms with van der Waals surface area (Å²) in [5, 5.41) is 3.29. The highest BCUT2D eigenvalue weighted by atomic mass is 15.1. The molecular weight excluding hydrogens is 74.1 g/mol. The van der Waals surface area contributed by atoms with E-state index in [1.165, 1.54) is 0 Å². The van der Waals surface area contributed by atoms with Crippen LogP contribution in [0.15, 0.2) is 11.6 Å². The molecule has 0 aromatic rings. The molecule has 1 heterocycles. The molecule has 0 radical (unpaired) electrons. The van der Waals surface area contributed by atoms with Crippen molar-refractivity contribution in [3.63, 3.8) is 0 Å². The second kappa shape index (κ2) is 0.562. The molecule has 0 spiro atoms. The molecule has 0 amide bonds. The lowest BCUT2D eigenvalue weighted by Crippen LogP contribution is -2.41. The Hall–Kier alpha value is -0.300. The quantitative estimate of drug-likeness (QED) is 0.413. The second-order valence-electron chi connectivity index (χ2n) is 2.03. The first-order valence-corrected chi connectivity index (χ1v) is 2.35. The number of nitrogens with one attached hydrogen (secondary N) is 1. The fourth-order valence-corrected chi connectivity index (χ4v) is 0.972. The average Bonchev–Trinajstić information content (AvgIpc) is 2.12. The van der Waals surface area contributed by atoms with Crippen LogP contribution in [0.2, 0.25) is 0 Å². The monoisotopic (exact) mass is 81.1 g/mol. The predicted octanol–water partition coefficient (Wildman–Crippen LogP) is 0.287. The van der Waals surface area contributed by atoms with Gasteiger partial charge in [0.15, 0.2) is 0 Å². The molecule has 1 aliphatic heterocycles. The molecule has 0 aromatic heterocycles. The third-order valence-corrected chi connectivity index (χ3v) is 1.54. The van der Waals surface area contributed by atoms with E-state index in [0.717, 1.165) is 12.1 Å². The maximum absolute atomic E-state index is 3.29. The van der Waals surface area contributed by atoms with Crippen molar-refractivity contribution >= 4 is 0 Å². The summed E-state index contributed by atoms with van der Waals surface area (Å²) in [6.45, 7) is 2.19. The molecule has 1 N–H and O–H groups in total. The van der Waals surface area contributed by atoms with Crippen molar-refractivity contribution in [3.05, 3.63) is 11.6 Å². The van der Waals surface area contributed by atoms with E-state index in [4.69, 9.17) is 0 Å². The first kappa shape index (κ1) is 2.80. The minimum absolute atomic E-state index is 0.718. The molecule has 1 saturated heterocycles. The van der Waals surface area contributed by atoms with Crippen LogP contribution in [0.25, 0.3) is 0 Å². The van der Waals surface area contributed by atoms with E-state index in [-0.39, 0.29) is 0 Å². The highest BCUT2D eigenvalue weighted by molar-refractivity contribution is 5.46. The normalized spacial score (nSPS) is 49.2. The SMILES string of the molecule is CC1NC2C=C12. The van der Waals surface area contributed by atoms with Crippen LogP contribution < -0.4 is 5.32 Å². The summed E-state index contributed by atoms with van der Waals surface area (Å²) in [7, 11) is 0. The van der Waals surface area contributed by atoms with Gasteiger partial charge in [0.2, 0.25) is 0 Å². The topological polar surface area (TPSA) is 12.0 Å². The van der Waals surface area contributed by atoms with E-state index >= 15 is 0 Å². The lowest BCUT2D eigenvalue weighted by atomic mass is 10.1. The molecule has 1 nitrogen and oxygen atoms in total. The Morgan fingerprint density at radius 1 is 1.83 bits per heavy atom. The number of fused-ring (bicyclic) bond motifs is 1. The Labute approximate surface area is 37.0 Å². The van der Waals surface area contributed by atoms with Crippen LogP contribution in [0.4, 0.5) is 0 Å². The Bertz CT molecular complexity index is 115. The summed E-state index contributed by atoms with van der Waals surface area (Å²) in [5.74, 6) is 0. The fraction of sp³-hybridized carbons (Fsp3) is 0.600. The molecule has 32 valence electrons. The van der Waals surface area contributed by atoms with Gasteiger partial charge in [-0.3, -0.25) is 0 Å². The van der Waals surface area contributed by atoms with Crippen LogP contribution >= 0.6 is 0 Å². The van der Waals surface area contributed by atoms with E-state index in [9.17, 15) is 0 Å². The zero-order valence-corrected chi connectivity index (χ0v) is 3.73. The third-order valence-electron chi connectivity index (χ3n) is 1.54. The maximum Gasteiger partial charge on any atom is 0.0489 e. The average molecular weight is 81.1 g/mol. The van der Waals surface area contributed by atoms with Crippen LogP contribution in [0, 0.1) is 0 Å². The van der Waals surface area contributed by atoms with Gasteiger partial charge in [0.1, 0.15) is 0 Å². The Morgan fingerprint density at radius 2 is 2.67 bits per heavy atom. The van der Waals surface area contributed by atoms with E-state index in [1.54, 1.807) is 5.57 Å². The van der Waals surface area contributed by atoms with Crippen LogP contribution in [-0.2, 0) is 0 Å². The van der Waals surface area contributed by atoms with Gasteiger partial charge in [-0.2, -0.15) is 0 Å². The van der Waals surface area contributed by atoms with Gasteiger partial charge in [-0.25, -0.2) is 0 Å². The van der Waals surface area contributed by atoms with Gasteiger partial charge in [0, 0.05) is 12.1 Å². The standard InChI is InChI=1S/C5H7N/c1-3-4-2-5(4)6-3/h2-3,5-6H,1H3. The molecule has 0 aromatic carbocycles. The van der Waals surface area contributed by atoms with Gasteiger partial charge in [0.25, 0.3) is 0 Å². The first-order valence-electron chi connectivity index (χ1n) is 2.35. The van der Waals surface area contributed by atoms with E-state index < -0.39 is 0 Å². The zero-order valence-electron chi connectivity index (χ0n) is 3.73. The van der Waals surface area contributed by atoms with Gasteiger partial charge >= 0.3 is 0 Å². The summed E-state index contributed by atoms with van der Waals surface area (Å²) in [4.78, 5) is 0. The Morgan fingerprint density at radius 3 is 2.67 bits per heavy atom. The molecule has 1 heteroatoms. The molecular formula is C5H7N. The first-order chi connectivity index (χ1) is 2.88. The van der Waals surface area contributed by atoms with E-state index in [2.05, 4.69) is 18.3 Å². The van der Waals surface area contributed by atoms with Gasteiger partial charge in [-0.1, -0.05) is 6.08 Å². The number of rotatable bonds is 0. The molecule has 2 aliphatic rings. The second-order valence-corrected chi connectivity index (χ2v) is 2.03. The lowest BCUT2D eigenvalue weighted by molar-refractivity contribution is 0.529. The van der Waals surface area contributed by atoms with Crippen molar-refractivity contribution in [1.82, 2.24) is 5.32 Å². The summed E-state index contributed by atoms with van der Waals surface area (Å²) >= 11 is 0. The van der Waals surface area contributed by atoms with E-state index in [0.29, 0.717) is 0 Å². The van der Waals surface area contributed by atoms with Crippen molar-refractivity contribution in [3.8, 4) is 0 Å². The third kappa shape index (κ3) is 0.144. The summed E-state index contributed by atoms with van der Waals surface area (Å²) in [6, 6.07) is 1.47. The van der Waals surface area contributed by atoms with Crippen molar-refractivity contribution < 1.29 is 0 Å². The molecule has 1 aliphatic carbocycles. The van der Waals surface area contributed by atoms with Gasteiger partial charge in [-0.15, -0.1) is 0 Å². The van der Waals surface area contributed by atoms with Crippen LogP contribution in [-0.4, -0.2) is 12.1 Å². The Balaban J connectivity index is 2.22. The smallest absolute Gasteiger partial charge is 0.0489 e. The molecule has 1 fully saturated rings. The summed E-state index contributed by atoms with van der Waals surface area (Å²) in [5.41, 5.74) is 1.62. The largest absolute Gasteiger partial charge is 0.301 e. The summed E-state index contributed by atoms with van der Waals surface area (Å²) in [6.07, 6.45) is 2.27. The predicted molar refractivity (Wildman–Crippen MR) is 24.5 cm³/mol. The highest BCUT2D eigenvalue weighted by Crippen LogP contribution is 2.33. The fourth-order valence-electron chi connectivity index (χ4n) is 0.972. The number of hydrogen-bond donors (Lipinski definition) is 1. The zero-order chi connectivity index (χ0) is 4.15. The van der Waals surface area contributed by atoms with Gasteiger partial charge in [-0.05, 0) is 12.5 Å². The Kier molecular flexibility index (Phi) is 0.263. The molecule has 6 heavy (non-hydrogen) atoms. The minimum Gasteiger partial charge on any atom is -0.301 e. The molecule has 0 saturated carbocycles. The van der Waals surface area contributed by atoms with Crippen molar-refractivity contribution in [2.45, 2.75) is 19.0 Å². The van der Waals surface area contributed by atoms with Crippen molar-refractivity contribution in [2.75, 3.05) is 0 Å². The van der Waals surface area contributed by atoms with Crippen LogP contribution in [0.3, 0.4) is 0 Å². The molecule has 2 rings (SSSR count). The molecule has 0 bridgehead atoms. The maximum atomic E-state index is 3.29. The van der Waals surface area contributed by atoms with E-state index in [1.807, 2.05) is 0 Å². The molecule has 2 atom stereocenters. The van der Waals surface area contributed by atoms with Crippen LogP contribution in [0.1, 0.15) is 6.92 Å². The lowest BCUT2D eigenvalue weighted by Gasteiger charge is -2.21.